The number of nitrogens with zero attached hydrogens (tertiary/aromatic N) is 1. The molecule has 3 nitrogen and oxygen atoms in total. The van der Waals surface area contributed by atoms with Crippen molar-refractivity contribution in [3.8, 4) is 5.75 Å². The molecule has 1 aromatic carbocycles. The molecular weight excluding hydrogens is 253 g/mol. The van der Waals surface area contributed by atoms with Crippen molar-refractivity contribution < 1.29 is 13.9 Å². The summed E-state index contributed by atoms with van der Waals surface area (Å²) >= 11 is 1.50. The lowest BCUT2D eigenvalue weighted by molar-refractivity contribution is 0.101. The van der Waals surface area contributed by atoms with Crippen molar-refractivity contribution >= 4 is 17.1 Å². The van der Waals surface area contributed by atoms with E-state index in [0.717, 1.165) is 10.7 Å². The minimum absolute atomic E-state index is 0.0763. The monoisotopic (exact) mass is 265 g/mol. The molecule has 0 saturated carbocycles. The summed E-state index contributed by atoms with van der Waals surface area (Å²) in [5.41, 5.74) is 1.02. The van der Waals surface area contributed by atoms with E-state index in [1.807, 2.05) is 12.3 Å². The van der Waals surface area contributed by atoms with Crippen molar-refractivity contribution in [1.82, 2.24) is 4.98 Å². The standard InChI is InChI=1S/C13H12FNO2S/c1-8-7-18-13(15-8)6-17-10-3-4-11(9(2)16)12(14)5-10/h3-5,7H,6H2,1-2H3. The smallest absolute Gasteiger partial charge is 0.162 e. The molecule has 94 valence electrons. The van der Waals surface area contributed by atoms with Gasteiger partial charge in [-0.25, -0.2) is 9.37 Å². The van der Waals surface area contributed by atoms with Crippen LogP contribution in [-0.4, -0.2) is 10.8 Å². The molecule has 0 fully saturated rings. The Morgan fingerprint density at radius 1 is 1.50 bits per heavy atom. The molecule has 18 heavy (non-hydrogen) atoms. The molecule has 2 aromatic rings. The average Bonchev–Trinajstić information content (AvgIpc) is 2.72. The summed E-state index contributed by atoms with van der Waals surface area (Å²) in [6.07, 6.45) is 0. The number of hydrogen-bond donors (Lipinski definition) is 0. The van der Waals surface area contributed by atoms with Gasteiger partial charge in [0.1, 0.15) is 23.2 Å². The second-order valence-electron chi connectivity index (χ2n) is 3.87. The first-order valence-corrected chi connectivity index (χ1v) is 6.28. The topological polar surface area (TPSA) is 39.2 Å². The Balaban J connectivity index is 2.06. The maximum absolute atomic E-state index is 13.5. The van der Waals surface area contributed by atoms with Crippen molar-refractivity contribution in [2.45, 2.75) is 20.5 Å². The van der Waals surface area contributed by atoms with Gasteiger partial charge in [-0.05, 0) is 26.0 Å². The number of halogens is 1. The van der Waals surface area contributed by atoms with Crippen LogP contribution in [0, 0.1) is 12.7 Å². The Bertz CT molecular complexity index is 580. The second kappa shape index (κ2) is 5.27. The highest BCUT2D eigenvalue weighted by Gasteiger charge is 2.08. The van der Waals surface area contributed by atoms with Crippen LogP contribution in [-0.2, 0) is 6.61 Å². The first-order chi connectivity index (χ1) is 8.56. The number of aromatic nitrogens is 1. The molecule has 0 N–H and O–H groups in total. The van der Waals surface area contributed by atoms with Gasteiger partial charge in [-0.1, -0.05) is 0 Å². The Morgan fingerprint density at radius 3 is 2.83 bits per heavy atom. The number of hydrogen-bond acceptors (Lipinski definition) is 4. The van der Waals surface area contributed by atoms with Crippen LogP contribution >= 0.6 is 11.3 Å². The van der Waals surface area contributed by atoms with Gasteiger partial charge < -0.3 is 4.74 Å². The van der Waals surface area contributed by atoms with Crippen molar-refractivity contribution in [1.29, 1.82) is 0 Å². The molecular formula is C13H12FNO2S. The summed E-state index contributed by atoms with van der Waals surface area (Å²) in [5.74, 6) is -0.463. The van der Waals surface area contributed by atoms with Gasteiger partial charge in [0, 0.05) is 17.1 Å². The van der Waals surface area contributed by atoms with Gasteiger partial charge in [0.2, 0.25) is 0 Å². The van der Waals surface area contributed by atoms with E-state index in [2.05, 4.69) is 4.98 Å². The van der Waals surface area contributed by atoms with Crippen molar-refractivity contribution in [3.63, 3.8) is 0 Å². The molecule has 0 atom stereocenters. The van der Waals surface area contributed by atoms with E-state index in [1.54, 1.807) is 6.07 Å². The summed E-state index contributed by atoms with van der Waals surface area (Å²) in [6.45, 7) is 3.54. The van der Waals surface area contributed by atoms with E-state index < -0.39 is 5.82 Å². The molecule has 0 amide bonds. The fraction of sp³-hybridized carbons (Fsp3) is 0.231. The summed E-state index contributed by atoms with van der Waals surface area (Å²) in [6, 6.07) is 4.23. The maximum Gasteiger partial charge on any atom is 0.162 e. The zero-order valence-electron chi connectivity index (χ0n) is 10.1. The van der Waals surface area contributed by atoms with Gasteiger partial charge in [-0.3, -0.25) is 4.79 Å². The Kier molecular flexibility index (Phi) is 3.72. The highest BCUT2D eigenvalue weighted by Crippen LogP contribution is 2.19. The number of rotatable bonds is 4. The Morgan fingerprint density at radius 2 is 2.28 bits per heavy atom. The number of carbonyl (C=O) groups is 1. The van der Waals surface area contributed by atoms with E-state index in [1.165, 1.54) is 30.4 Å². The van der Waals surface area contributed by atoms with Crippen LogP contribution in [0.3, 0.4) is 0 Å². The fourth-order valence-electron chi connectivity index (χ4n) is 1.49. The van der Waals surface area contributed by atoms with E-state index in [-0.39, 0.29) is 11.3 Å². The lowest BCUT2D eigenvalue weighted by Gasteiger charge is -2.05. The average molecular weight is 265 g/mol. The molecule has 0 unspecified atom stereocenters. The number of benzene rings is 1. The zero-order valence-corrected chi connectivity index (χ0v) is 10.9. The molecule has 0 aliphatic carbocycles. The highest BCUT2D eigenvalue weighted by molar-refractivity contribution is 7.09. The lowest BCUT2D eigenvalue weighted by Crippen LogP contribution is -1.99. The molecule has 1 heterocycles. The number of ether oxygens (including phenoxy) is 1. The molecule has 0 radical (unpaired) electrons. The molecule has 0 aliphatic rings. The van der Waals surface area contributed by atoms with Gasteiger partial charge >= 0.3 is 0 Å². The highest BCUT2D eigenvalue weighted by atomic mass is 32.1. The molecule has 5 heteroatoms. The van der Waals surface area contributed by atoms with Gasteiger partial charge in [0.15, 0.2) is 5.78 Å². The number of aryl methyl sites for hydroxylation is 1. The third kappa shape index (κ3) is 2.92. The minimum Gasteiger partial charge on any atom is -0.486 e. The van der Waals surface area contributed by atoms with Crippen LogP contribution in [0.4, 0.5) is 4.39 Å². The normalized spacial score (nSPS) is 10.4. The van der Waals surface area contributed by atoms with Crippen molar-refractivity contribution in [3.05, 3.63) is 45.7 Å². The largest absolute Gasteiger partial charge is 0.486 e. The molecule has 0 aliphatic heterocycles. The zero-order chi connectivity index (χ0) is 13.1. The van der Waals surface area contributed by atoms with Crippen LogP contribution in [0.5, 0.6) is 5.75 Å². The van der Waals surface area contributed by atoms with Gasteiger partial charge in [0.25, 0.3) is 0 Å². The van der Waals surface area contributed by atoms with E-state index >= 15 is 0 Å². The third-order valence-corrected chi connectivity index (χ3v) is 3.29. The number of Topliss-reactive ketones (excluding diaryl/α,β-unsaturated/α-hetero) is 1. The van der Waals surface area contributed by atoms with Crippen LogP contribution < -0.4 is 4.74 Å². The second-order valence-corrected chi connectivity index (χ2v) is 4.81. The number of thiazole rings is 1. The van der Waals surface area contributed by atoms with Crippen molar-refractivity contribution in [2.75, 3.05) is 0 Å². The first kappa shape index (κ1) is 12.7. The van der Waals surface area contributed by atoms with Crippen LogP contribution in [0.15, 0.2) is 23.6 Å². The van der Waals surface area contributed by atoms with E-state index in [4.69, 9.17) is 4.74 Å². The maximum atomic E-state index is 13.5. The van der Waals surface area contributed by atoms with Gasteiger partial charge in [0.05, 0.1) is 5.56 Å². The number of ketones is 1. The summed E-state index contributed by atoms with van der Waals surface area (Å²) < 4.78 is 18.9. The Hall–Kier alpha value is -1.75. The molecule has 0 spiro atoms. The van der Waals surface area contributed by atoms with Crippen LogP contribution in [0.1, 0.15) is 28.0 Å². The molecule has 0 saturated heterocycles. The molecule has 2 rings (SSSR count). The van der Waals surface area contributed by atoms with Crippen molar-refractivity contribution in [2.24, 2.45) is 0 Å². The lowest BCUT2D eigenvalue weighted by atomic mass is 10.1. The summed E-state index contributed by atoms with van der Waals surface area (Å²) in [7, 11) is 0. The quantitative estimate of drug-likeness (QED) is 0.796. The van der Waals surface area contributed by atoms with Crippen LogP contribution in [0.2, 0.25) is 0 Å². The van der Waals surface area contributed by atoms with Gasteiger partial charge in [-0.2, -0.15) is 0 Å². The number of carbonyl (C=O) groups excluding carboxylic acids is 1. The predicted molar refractivity (Wildman–Crippen MR) is 67.6 cm³/mol. The Labute approximate surface area is 108 Å². The summed E-state index contributed by atoms with van der Waals surface area (Å²) in [4.78, 5) is 15.3. The predicted octanol–water partition coefficient (Wildman–Crippen LogP) is 3.37. The van der Waals surface area contributed by atoms with Crippen LogP contribution in [0.25, 0.3) is 0 Å². The first-order valence-electron chi connectivity index (χ1n) is 5.40. The molecule has 1 aromatic heterocycles. The summed E-state index contributed by atoms with van der Waals surface area (Å²) in [5, 5.41) is 2.77. The minimum atomic E-state index is -0.560. The SMILES string of the molecule is CC(=O)c1ccc(OCc2nc(C)cs2)cc1F. The van der Waals surface area contributed by atoms with E-state index in [0.29, 0.717) is 12.4 Å². The van der Waals surface area contributed by atoms with Gasteiger partial charge in [-0.15, -0.1) is 11.3 Å². The molecule has 0 bridgehead atoms. The van der Waals surface area contributed by atoms with E-state index in [9.17, 15) is 9.18 Å². The fourth-order valence-corrected chi connectivity index (χ4v) is 2.17. The third-order valence-electron chi connectivity index (χ3n) is 2.35.